The lowest BCUT2D eigenvalue weighted by molar-refractivity contribution is -0.111. The SMILES string of the molecule is C=CC(=O)Nc1cc(C(=O)N(C)C)ccc1Oc1cccc(CC)c1. The smallest absolute Gasteiger partial charge is 0.253 e. The molecule has 5 heteroatoms. The number of ether oxygens (including phenoxy) is 1. The molecule has 0 aliphatic carbocycles. The van der Waals surface area contributed by atoms with Crippen molar-refractivity contribution in [2.75, 3.05) is 19.4 Å². The van der Waals surface area contributed by atoms with Crippen molar-refractivity contribution in [3.05, 3.63) is 66.2 Å². The number of aryl methyl sites for hydroxylation is 1. The first-order valence-corrected chi connectivity index (χ1v) is 8.00. The molecule has 0 saturated carbocycles. The maximum Gasteiger partial charge on any atom is 0.253 e. The van der Waals surface area contributed by atoms with Gasteiger partial charge in [-0.25, -0.2) is 0 Å². The molecule has 0 bridgehead atoms. The molecule has 5 nitrogen and oxygen atoms in total. The molecule has 2 amide bonds. The number of carbonyl (C=O) groups excluding carboxylic acids is 2. The summed E-state index contributed by atoms with van der Waals surface area (Å²) < 4.78 is 5.92. The van der Waals surface area contributed by atoms with Crippen LogP contribution in [-0.4, -0.2) is 30.8 Å². The summed E-state index contributed by atoms with van der Waals surface area (Å²) in [6.45, 7) is 5.52. The Morgan fingerprint density at radius 1 is 1.20 bits per heavy atom. The second-order valence-corrected chi connectivity index (χ2v) is 5.71. The van der Waals surface area contributed by atoms with E-state index >= 15 is 0 Å². The van der Waals surface area contributed by atoms with Gasteiger partial charge in [-0.15, -0.1) is 0 Å². The summed E-state index contributed by atoms with van der Waals surface area (Å²) in [6.07, 6.45) is 2.06. The molecule has 2 aromatic rings. The minimum absolute atomic E-state index is 0.159. The number of amides is 2. The van der Waals surface area contributed by atoms with E-state index in [0.29, 0.717) is 22.7 Å². The molecule has 0 saturated heterocycles. The molecule has 0 unspecified atom stereocenters. The number of nitrogens with zero attached hydrogens (tertiary/aromatic N) is 1. The molecule has 25 heavy (non-hydrogen) atoms. The van der Waals surface area contributed by atoms with Gasteiger partial charge in [0.2, 0.25) is 5.91 Å². The topological polar surface area (TPSA) is 58.6 Å². The predicted molar refractivity (Wildman–Crippen MR) is 99.2 cm³/mol. The lowest BCUT2D eigenvalue weighted by Crippen LogP contribution is -2.22. The maximum absolute atomic E-state index is 12.2. The number of hydrogen-bond donors (Lipinski definition) is 1. The number of rotatable bonds is 6. The average molecular weight is 338 g/mol. The lowest BCUT2D eigenvalue weighted by Gasteiger charge is -2.15. The van der Waals surface area contributed by atoms with E-state index in [9.17, 15) is 9.59 Å². The molecule has 0 aliphatic heterocycles. The van der Waals surface area contributed by atoms with Crippen LogP contribution in [0.3, 0.4) is 0 Å². The van der Waals surface area contributed by atoms with Crippen molar-refractivity contribution in [2.45, 2.75) is 13.3 Å². The van der Waals surface area contributed by atoms with Gasteiger partial charge in [-0.3, -0.25) is 9.59 Å². The number of carbonyl (C=O) groups is 2. The monoisotopic (exact) mass is 338 g/mol. The van der Waals surface area contributed by atoms with Gasteiger partial charge < -0.3 is 15.0 Å². The van der Waals surface area contributed by atoms with Crippen LogP contribution in [0.4, 0.5) is 5.69 Å². The van der Waals surface area contributed by atoms with Crippen molar-refractivity contribution >= 4 is 17.5 Å². The molecule has 0 atom stereocenters. The molecule has 130 valence electrons. The van der Waals surface area contributed by atoms with Crippen LogP contribution in [0.5, 0.6) is 11.5 Å². The van der Waals surface area contributed by atoms with Crippen LogP contribution in [0.2, 0.25) is 0 Å². The highest BCUT2D eigenvalue weighted by molar-refractivity contribution is 6.02. The van der Waals surface area contributed by atoms with Crippen LogP contribution in [0, 0.1) is 0 Å². The second kappa shape index (κ2) is 8.15. The lowest BCUT2D eigenvalue weighted by atomic mass is 10.1. The van der Waals surface area contributed by atoms with Crippen molar-refractivity contribution in [2.24, 2.45) is 0 Å². The van der Waals surface area contributed by atoms with Gasteiger partial charge in [0.05, 0.1) is 5.69 Å². The molecule has 0 radical (unpaired) electrons. The van der Waals surface area contributed by atoms with Gasteiger partial charge in [0.25, 0.3) is 5.91 Å². The predicted octanol–water partition coefficient (Wildman–Crippen LogP) is 3.87. The number of anilines is 1. The van der Waals surface area contributed by atoms with Gasteiger partial charge in [-0.1, -0.05) is 25.6 Å². The first-order chi connectivity index (χ1) is 11.9. The maximum atomic E-state index is 12.2. The van der Waals surface area contributed by atoms with E-state index in [1.165, 1.54) is 11.0 Å². The van der Waals surface area contributed by atoms with Gasteiger partial charge in [-0.05, 0) is 48.4 Å². The zero-order valence-electron chi connectivity index (χ0n) is 14.7. The number of hydrogen-bond acceptors (Lipinski definition) is 3. The first kappa shape index (κ1) is 18.3. The molecule has 1 N–H and O–H groups in total. The quantitative estimate of drug-likeness (QED) is 0.814. The summed E-state index contributed by atoms with van der Waals surface area (Å²) in [5.41, 5.74) is 2.02. The van der Waals surface area contributed by atoms with E-state index in [1.807, 2.05) is 24.3 Å². The Kier molecular flexibility index (Phi) is 5.95. The fourth-order valence-electron chi connectivity index (χ4n) is 2.25. The van der Waals surface area contributed by atoms with Crippen LogP contribution in [0.1, 0.15) is 22.8 Å². The third kappa shape index (κ3) is 4.70. The molecule has 2 aromatic carbocycles. The van der Waals surface area contributed by atoms with E-state index in [4.69, 9.17) is 4.74 Å². The molecule has 0 heterocycles. The molecule has 0 fully saturated rings. The highest BCUT2D eigenvalue weighted by Gasteiger charge is 2.14. The van der Waals surface area contributed by atoms with Crippen LogP contribution in [0.15, 0.2) is 55.1 Å². The van der Waals surface area contributed by atoms with Gasteiger partial charge in [-0.2, -0.15) is 0 Å². The van der Waals surface area contributed by atoms with E-state index in [1.54, 1.807) is 32.3 Å². The largest absolute Gasteiger partial charge is 0.455 e. The van der Waals surface area contributed by atoms with Crippen LogP contribution in [0.25, 0.3) is 0 Å². The van der Waals surface area contributed by atoms with E-state index in [2.05, 4.69) is 18.8 Å². The minimum Gasteiger partial charge on any atom is -0.455 e. The molecule has 2 rings (SSSR count). The Balaban J connectivity index is 2.39. The van der Waals surface area contributed by atoms with Gasteiger partial charge >= 0.3 is 0 Å². The Morgan fingerprint density at radius 3 is 2.60 bits per heavy atom. The van der Waals surface area contributed by atoms with Crippen molar-refractivity contribution in [3.8, 4) is 11.5 Å². The van der Waals surface area contributed by atoms with Gasteiger partial charge in [0.1, 0.15) is 5.75 Å². The highest BCUT2D eigenvalue weighted by Crippen LogP contribution is 2.31. The Morgan fingerprint density at radius 2 is 1.96 bits per heavy atom. The zero-order chi connectivity index (χ0) is 18.4. The Bertz CT molecular complexity index is 797. The Hall–Kier alpha value is -3.08. The normalized spacial score (nSPS) is 10.0. The van der Waals surface area contributed by atoms with E-state index in [0.717, 1.165) is 12.0 Å². The average Bonchev–Trinajstić information content (AvgIpc) is 2.62. The fraction of sp³-hybridized carbons (Fsp3) is 0.200. The van der Waals surface area contributed by atoms with Crippen molar-refractivity contribution < 1.29 is 14.3 Å². The summed E-state index contributed by atoms with van der Waals surface area (Å²) in [4.78, 5) is 25.4. The van der Waals surface area contributed by atoms with Crippen molar-refractivity contribution in [1.29, 1.82) is 0 Å². The molecular formula is C20H22N2O3. The standard InChI is InChI=1S/C20H22N2O3/c1-5-14-8-7-9-16(12-14)25-18-11-10-15(20(24)22(3)4)13-17(18)21-19(23)6-2/h6-13H,2,5H2,1,3-4H3,(H,21,23). The zero-order valence-corrected chi connectivity index (χ0v) is 14.7. The third-order valence-electron chi connectivity index (χ3n) is 3.61. The van der Waals surface area contributed by atoms with E-state index < -0.39 is 0 Å². The van der Waals surface area contributed by atoms with Crippen molar-refractivity contribution in [1.82, 2.24) is 4.90 Å². The highest BCUT2D eigenvalue weighted by atomic mass is 16.5. The molecule has 0 aromatic heterocycles. The number of nitrogens with one attached hydrogen (secondary N) is 1. The summed E-state index contributed by atoms with van der Waals surface area (Å²) in [5, 5.41) is 2.69. The molecule has 0 spiro atoms. The van der Waals surface area contributed by atoms with Crippen LogP contribution < -0.4 is 10.1 Å². The van der Waals surface area contributed by atoms with Crippen molar-refractivity contribution in [3.63, 3.8) is 0 Å². The molecular weight excluding hydrogens is 316 g/mol. The summed E-state index contributed by atoms with van der Waals surface area (Å²) in [7, 11) is 3.34. The number of benzene rings is 2. The first-order valence-electron chi connectivity index (χ1n) is 8.00. The van der Waals surface area contributed by atoms with Gasteiger partial charge in [0, 0.05) is 19.7 Å². The summed E-state index contributed by atoms with van der Waals surface area (Å²) in [6, 6.07) is 12.7. The Labute approximate surface area is 147 Å². The minimum atomic E-state index is -0.374. The second-order valence-electron chi connectivity index (χ2n) is 5.71. The third-order valence-corrected chi connectivity index (χ3v) is 3.61. The van der Waals surface area contributed by atoms with Gasteiger partial charge in [0.15, 0.2) is 5.75 Å². The van der Waals surface area contributed by atoms with Crippen LogP contribution in [-0.2, 0) is 11.2 Å². The summed E-state index contributed by atoms with van der Waals surface area (Å²) >= 11 is 0. The summed E-state index contributed by atoms with van der Waals surface area (Å²) in [5.74, 6) is 0.592. The van der Waals surface area contributed by atoms with E-state index in [-0.39, 0.29) is 11.8 Å². The molecule has 0 aliphatic rings. The fourth-order valence-corrected chi connectivity index (χ4v) is 2.25. The van der Waals surface area contributed by atoms with Crippen LogP contribution >= 0.6 is 0 Å².